The fourth-order valence-electron chi connectivity index (χ4n) is 2.06. The van der Waals surface area contributed by atoms with Gasteiger partial charge in [-0.05, 0) is 6.42 Å². The molecule has 0 rings (SSSR count). The van der Waals surface area contributed by atoms with Crippen molar-refractivity contribution in [2.75, 3.05) is 0 Å². The van der Waals surface area contributed by atoms with E-state index >= 15 is 0 Å². The van der Waals surface area contributed by atoms with E-state index in [4.69, 9.17) is 5.11 Å². The zero-order valence-electron chi connectivity index (χ0n) is 14.1. The molecule has 0 saturated heterocycles. The van der Waals surface area contributed by atoms with E-state index in [2.05, 4.69) is 0 Å². The van der Waals surface area contributed by atoms with E-state index in [0.29, 0.717) is 12.8 Å². The molecule has 0 aromatic rings. The minimum absolute atomic E-state index is 0.200. The van der Waals surface area contributed by atoms with Gasteiger partial charge >= 0.3 is 41.5 Å². The van der Waals surface area contributed by atoms with Gasteiger partial charge in [0.1, 0.15) is 0 Å². The molecule has 0 aliphatic rings. The van der Waals surface area contributed by atoms with Crippen LogP contribution >= 0.6 is 0 Å². The van der Waals surface area contributed by atoms with Gasteiger partial charge in [0.15, 0.2) is 0 Å². The highest BCUT2D eigenvalue weighted by Crippen LogP contribution is 2.60. The molecule has 0 atom stereocenters. The standard InChI is InChI=1S/C14H16F12O2/c1-2-3-4-5-6-7-9(15,16)11(19,20)13(23,24)14(25,26)12(21,22)10(17,18)8(27)28/h2-7H2,1H3,(H,27,28). The maximum atomic E-state index is 13.5. The third-order valence-electron chi connectivity index (χ3n) is 3.90. The second kappa shape index (κ2) is 8.17. The molecule has 0 amide bonds. The van der Waals surface area contributed by atoms with E-state index in [1.54, 1.807) is 6.92 Å². The van der Waals surface area contributed by atoms with Gasteiger partial charge in [0.25, 0.3) is 0 Å². The van der Waals surface area contributed by atoms with Crippen LogP contribution in [0.15, 0.2) is 0 Å². The second-order valence-electron chi connectivity index (χ2n) is 6.05. The molecule has 28 heavy (non-hydrogen) atoms. The van der Waals surface area contributed by atoms with Crippen LogP contribution in [0.4, 0.5) is 52.7 Å². The smallest absolute Gasteiger partial charge is 0.410 e. The van der Waals surface area contributed by atoms with E-state index in [0.717, 1.165) is 0 Å². The van der Waals surface area contributed by atoms with Crippen molar-refractivity contribution in [3.8, 4) is 0 Å². The molecule has 0 aromatic carbocycles. The normalized spacial score (nSPS) is 15.0. The van der Waals surface area contributed by atoms with Gasteiger partial charge in [-0.1, -0.05) is 32.6 Å². The molecule has 2 nitrogen and oxygen atoms in total. The molecule has 168 valence electrons. The number of carbonyl (C=O) groups is 1. The van der Waals surface area contributed by atoms with Crippen molar-refractivity contribution in [2.45, 2.75) is 81.0 Å². The molecular weight excluding hydrogens is 428 g/mol. The van der Waals surface area contributed by atoms with Gasteiger partial charge in [-0.15, -0.1) is 0 Å². The first-order valence-electron chi connectivity index (χ1n) is 7.76. The highest BCUT2D eigenvalue weighted by molar-refractivity contribution is 5.77. The summed E-state index contributed by atoms with van der Waals surface area (Å²) in [6.07, 6.45) is -1.96. The fraction of sp³-hybridized carbons (Fsp3) is 0.929. The van der Waals surface area contributed by atoms with E-state index in [9.17, 15) is 57.5 Å². The third-order valence-corrected chi connectivity index (χ3v) is 3.90. The number of hydrogen-bond donors (Lipinski definition) is 1. The van der Waals surface area contributed by atoms with Crippen LogP contribution in [0.2, 0.25) is 0 Å². The molecule has 0 radical (unpaired) electrons. The Morgan fingerprint density at radius 2 is 1.04 bits per heavy atom. The number of carboxylic acids is 1. The Kier molecular flexibility index (Phi) is 7.77. The van der Waals surface area contributed by atoms with E-state index in [-0.39, 0.29) is 12.8 Å². The zero-order valence-corrected chi connectivity index (χ0v) is 14.1. The average molecular weight is 444 g/mol. The van der Waals surface area contributed by atoms with Crippen molar-refractivity contribution in [3.05, 3.63) is 0 Å². The first-order valence-corrected chi connectivity index (χ1v) is 7.76. The summed E-state index contributed by atoms with van der Waals surface area (Å²) in [6, 6.07) is 0. The monoisotopic (exact) mass is 444 g/mol. The Balaban J connectivity index is 5.87. The Morgan fingerprint density at radius 1 is 0.643 bits per heavy atom. The molecule has 0 aliphatic carbocycles. The lowest BCUT2D eigenvalue weighted by Gasteiger charge is -2.40. The molecule has 0 aliphatic heterocycles. The predicted molar refractivity (Wildman–Crippen MR) is 70.7 cm³/mol. The number of unbranched alkanes of at least 4 members (excludes halogenated alkanes) is 4. The van der Waals surface area contributed by atoms with Crippen LogP contribution < -0.4 is 0 Å². The number of alkyl halides is 12. The van der Waals surface area contributed by atoms with Gasteiger partial charge in [0.2, 0.25) is 0 Å². The largest absolute Gasteiger partial charge is 0.477 e. The molecule has 0 saturated carbocycles. The fourth-order valence-corrected chi connectivity index (χ4v) is 2.06. The predicted octanol–water partition coefficient (Wildman–Crippen LogP) is 6.24. The number of halogens is 12. The summed E-state index contributed by atoms with van der Waals surface area (Å²) in [4.78, 5) is 9.97. The first kappa shape index (κ1) is 26.6. The summed E-state index contributed by atoms with van der Waals surface area (Å²) in [7, 11) is 0. The molecule has 1 N–H and O–H groups in total. The number of carboxylic acid groups (broad SMARTS) is 1. The molecule has 0 fully saturated rings. The van der Waals surface area contributed by atoms with Gasteiger partial charge in [0, 0.05) is 6.42 Å². The molecule has 0 heterocycles. The molecule has 0 spiro atoms. The first-order chi connectivity index (χ1) is 12.3. The van der Waals surface area contributed by atoms with Crippen molar-refractivity contribution < 1.29 is 62.6 Å². The van der Waals surface area contributed by atoms with Crippen LogP contribution in [0.25, 0.3) is 0 Å². The maximum absolute atomic E-state index is 13.5. The van der Waals surface area contributed by atoms with Gasteiger partial charge in [0.05, 0.1) is 0 Å². The highest BCUT2D eigenvalue weighted by Gasteiger charge is 2.91. The summed E-state index contributed by atoms with van der Waals surface area (Å²) >= 11 is 0. The van der Waals surface area contributed by atoms with Crippen molar-refractivity contribution in [1.29, 1.82) is 0 Å². The van der Waals surface area contributed by atoms with Crippen molar-refractivity contribution >= 4 is 5.97 Å². The average Bonchev–Trinajstić information content (AvgIpc) is 2.53. The van der Waals surface area contributed by atoms with Gasteiger partial charge < -0.3 is 5.11 Å². The minimum Gasteiger partial charge on any atom is -0.477 e. The van der Waals surface area contributed by atoms with Crippen LogP contribution in [0.3, 0.4) is 0 Å². The van der Waals surface area contributed by atoms with Crippen LogP contribution in [-0.4, -0.2) is 46.6 Å². The molecule has 14 heteroatoms. The minimum atomic E-state index is -7.84. The summed E-state index contributed by atoms with van der Waals surface area (Å²) < 4.78 is 159. The topological polar surface area (TPSA) is 37.3 Å². The van der Waals surface area contributed by atoms with Gasteiger partial charge in [-0.3, -0.25) is 0 Å². The van der Waals surface area contributed by atoms with E-state index in [1.807, 2.05) is 0 Å². The quantitative estimate of drug-likeness (QED) is 0.286. The Morgan fingerprint density at radius 3 is 1.43 bits per heavy atom. The lowest BCUT2D eigenvalue weighted by atomic mass is 9.89. The number of hydrogen-bond acceptors (Lipinski definition) is 1. The zero-order chi connectivity index (χ0) is 22.8. The molecule has 0 bridgehead atoms. The lowest BCUT2D eigenvalue weighted by Crippen LogP contribution is -2.71. The van der Waals surface area contributed by atoms with Crippen molar-refractivity contribution in [2.24, 2.45) is 0 Å². The maximum Gasteiger partial charge on any atom is 0.410 e. The Hall–Kier alpha value is -1.37. The van der Waals surface area contributed by atoms with Crippen LogP contribution in [0.5, 0.6) is 0 Å². The summed E-state index contributed by atoms with van der Waals surface area (Å²) in [5.41, 5.74) is 0. The summed E-state index contributed by atoms with van der Waals surface area (Å²) in [5, 5.41) is 7.81. The summed E-state index contributed by atoms with van der Waals surface area (Å²) in [5.74, 6) is -47.3. The van der Waals surface area contributed by atoms with E-state index in [1.165, 1.54) is 0 Å². The summed E-state index contributed by atoms with van der Waals surface area (Å²) in [6.45, 7) is 1.68. The van der Waals surface area contributed by atoms with Gasteiger partial charge in [-0.2, -0.15) is 52.7 Å². The van der Waals surface area contributed by atoms with Crippen molar-refractivity contribution in [1.82, 2.24) is 0 Å². The van der Waals surface area contributed by atoms with Crippen molar-refractivity contribution in [3.63, 3.8) is 0 Å². The number of rotatable bonds is 12. The molecular formula is C14H16F12O2. The van der Waals surface area contributed by atoms with Crippen LogP contribution in [0, 0.1) is 0 Å². The van der Waals surface area contributed by atoms with Crippen LogP contribution in [0.1, 0.15) is 45.4 Å². The van der Waals surface area contributed by atoms with Crippen LogP contribution in [-0.2, 0) is 4.79 Å². The Labute approximate surface area is 150 Å². The van der Waals surface area contributed by atoms with Gasteiger partial charge in [-0.25, -0.2) is 4.79 Å². The number of aliphatic carboxylic acids is 1. The molecule has 0 aromatic heterocycles. The lowest BCUT2D eigenvalue weighted by molar-refractivity contribution is -0.421. The third kappa shape index (κ3) is 4.14. The second-order valence-corrected chi connectivity index (χ2v) is 6.05. The Bertz CT molecular complexity index is 544. The van der Waals surface area contributed by atoms with E-state index < -0.39 is 54.3 Å². The SMILES string of the molecule is CCCCCCCC(F)(F)C(F)(F)C(F)(F)C(F)(F)C(F)(F)C(F)(F)C(=O)O. The highest BCUT2D eigenvalue weighted by atomic mass is 19.4. The molecule has 0 unspecified atom stereocenters.